The van der Waals surface area contributed by atoms with Crippen LogP contribution in [0.4, 0.5) is 4.39 Å². The van der Waals surface area contributed by atoms with Crippen LogP contribution in [0.1, 0.15) is 0 Å². The van der Waals surface area contributed by atoms with Gasteiger partial charge in [-0.15, -0.1) is 0 Å². The lowest BCUT2D eigenvalue weighted by Crippen LogP contribution is -2.06. The molecule has 1 N–H and O–H groups in total. The van der Waals surface area contributed by atoms with Gasteiger partial charge in [0, 0.05) is 10.7 Å². The Bertz CT molecular complexity index is 566. The number of benzene rings is 1. The van der Waals surface area contributed by atoms with Gasteiger partial charge in [-0.05, 0) is 50.7 Å². The van der Waals surface area contributed by atoms with Gasteiger partial charge in [0.25, 0.3) is 0 Å². The zero-order chi connectivity index (χ0) is 10.3. The van der Waals surface area contributed by atoms with Crippen molar-refractivity contribution in [2.24, 2.45) is 0 Å². The number of H-pyrrole nitrogens is 1. The van der Waals surface area contributed by atoms with Crippen molar-refractivity contribution in [2.75, 3.05) is 0 Å². The summed E-state index contributed by atoms with van der Waals surface area (Å²) >= 11 is 5.11. The van der Waals surface area contributed by atoms with E-state index in [4.69, 9.17) is 0 Å². The fourth-order valence-corrected chi connectivity index (χ4v) is 2.22. The third-order valence-electron chi connectivity index (χ3n) is 1.86. The van der Waals surface area contributed by atoms with Crippen molar-refractivity contribution >= 4 is 49.4 Å². The third kappa shape index (κ3) is 1.58. The maximum Gasteiger partial charge on any atom is 0.202 e. The molecule has 0 saturated carbocycles. The molecule has 0 bridgehead atoms. The van der Waals surface area contributed by atoms with E-state index in [-0.39, 0.29) is 5.43 Å². The number of fused-ring (bicyclic) bond motifs is 1. The quantitative estimate of drug-likeness (QED) is 0.713. The third-order valence-corrected chi connectivity index (χ3v) is 3.29. The van der Waals surface area contributed by atoms with Crippen LogP contribution in [-0.4, -0.2) is 4.98 Å². The van der Waals surface area contributed by atoms with Gasteiger partial charge in [-0.3, -0.25) is 4.79 Å². The average Bonchev–Trinajstić information content (AvgIpc) is 2.12. The zero-order valence-corrected chi connectivity index (χ0v) is 10.5. The first-order chi connectivity index (χ1) is 6.59. The molecule has 0 spiro atoms. The van der Waals surface area contributed by atoms with Gasteiger partial charge in [-0.1, -0.05) is 0 Å². The molecule has 1 aromatic heterocycles. The Morgan fingerprint density at radius 2 is 2.14 bits per heavy atom. The number of rotatable bonds is 0. The van der Waals surface area contributed by atoms with Gasteiger partial charge in [0.2, 0.25) is 5.43 Å². The van der Waals surface area contributed by atoms with Gasteiger partial charge in [-0.2, -0.15) is 0 Å². The van der Waals surface area contributed by atoms with Crippen molar-refractivity contribution in [1.29, 1.82) is 0 Å². The summed E-state index contributed by atoms with van der Waals surface area (Å²) in [6, 6.07) is 2.56. The van der Waals surface area contributed by atoms with Crippen LogP contribution in [0.15, 0.2) is 27.6 Å². The topological polar surface area (TPSA) is 32.9 Å². The largest absolute Gasteiger partial charge is 0.359 e. The number of halogens is 3. The number of hydrogen-bond acceptors (Lipinski definition) is 1. The first-order valence-corrected chi connectivity index (χ1v) is 5.62. The smallest absolute Gasteiger partial charge is 0.202 e. The van der Waals surface area contributed by atoms with Gasteiger partial charge in [0.15, 0.2) is 0 Å². The molecule has 0 unspecified atom stereocenters. The molecule has 1 aromatic carbocycles. The Labute approximate surface area is 101 Å². The lowest BCUT2D eigenvalue weighted by molar-refractivity contribution is 0.628. The van der Waals surface area contributed by atoms with Crippen molar-refractivity contribution in [3.05, 3.63) is 42.4 Å². The summed E-state index contributed by atoms with van der Waals surface area (Å²) in [6.45, 7) is 0. The van der Waals surface area contributed by atoms with E-state index in [9.17, 15) is 9.18 Å². The molecule has 2 aromatic rings. The Balaban J connectivity index is 3.03. The summed E-state index contributed by atoms with van der Waals surface area (Å²) in [4.78, 5) is 14.6. The van der Waals surface area contributed by atoms with Gasteiger partial charge < -0.3 is 4.98 Å². The highest BCUT2D eigenvalue weighted by Gasteiger charge is 2.07. The molecule has 0 aliphatic heterocycles. The van der Waals surface area contributed by atoms with E-state index in [1.165, 1.54) is 12.1 Å². The lowest BCUT2D eigenvalue weighted by Gasteiger charge is -2.01. The van der Waals surface area contributed by atoms with Gasteiger partial charge in [0.05, 0.1) is 14.5 Å². The van der Waals surface area contributed by atoms with E-state index < -0.39 is 5.82 Å². The van der Waals surface area contributed by atoms with Crippen LogP contribution in [-0.2, 0) is 0 Å². The molecule has 72 valence electrons. The lowest BCUT2D eigenvalue weighted by atomic mass is 10.2. The number of pyridine rings is 1. The fourth-order valence-electron chi connectivity index (χ4n) is 1.23. The van der Waals surface area contributed by atoms with E-state index in [0.29, 0.717) is 18.9 Å². The predicted octanol–water partition coefficient (Wildman–Crippen LogP) is 3.03. The second-order valence-corrected chi connectivity index (χ2v) is 4.79. The van der Waals surface area contributed by atoms with Gasteiger partial charge in [0.1, 0.15) is 5.82 Å². The van der Waals surface area contributed by atoms with Crippen LogP contribution in [0.25, 0.3) is 10.9 Å². The maximum atomic E-state index is 13.0. The van der Waals surface area contributed by atoms with Crippen LogP contribution >= 0.6 is 38.5 Å². The molecule has 0 radical (unpaired) electrons. The number of nitrogens with one attached hydrogen (secondary N) is 1. The summed E-state index contributed by atoms with van der Waals surface area (Å²) in [5, 5.41) is 0.365. The summed E-state index contributed by atoms with van der Waals surface area (Å²) < 4.78 is 14.1. The van der Waals surface area contributed by atoms with E-state index in [1.807, 2.05) is 22.6 Å². The minimum Gasteiger partial charge on any atom is -0.359 e. The number of hydrogen-bond donors (Lipinski definition) is 1. The fraction of sp³-hybridized carbons (Fsp3) is 0. The van der Waals surface area contributed by atoms with Crippen LogP contribution in [0.2, 0.25) is 0 Å². The molecule has 0 saturated heterocycles. The van der Waals surface area contributed by atoms with E-state index in [1.54, 1.807) is 6.20 Å². The van der Waals surface area contributed by atoms with Gasteiger partial charge >= 0.3 is 0 Å². The molecule has 14 heavy (non-hydrogen) atoms. The first-order valence-electron chi connectivity index (χ1n) is 3.75. The Hall–Kier alpha value is -0.430. The second kappa shape index (κ2) is 3.62. The van der Waals surface area contributed by atoms with Crippen LogP contribution in [0.5, 0.6) is 0 Å². The Morgan fingerprint density at radius 1 is 1.43 bits per heavy atom. The predicted molar refractivity (Wildman–Crippen MR) is 64.9 cm³/mol. The molecule has 0 aliphatic carbocycles. The van der Waals surface area contributed by atoms with Crippen molar-refractivity contribution in [3.8, 4) is 0 Å². The normalized spacial score (nSPS) is 10.8. The van der Waals surface area contributed by atoms with Crippen molar-refractivity contribution in [1.82, 2.24) is 4.98 Å². The zero-order valence-electron chi connectivity index (χ0n) is 6.77. The molecule has 2 rings (SSSR count). The van der Waals surface area contributed by atoms with Crippen molar-refractivity contribution < 1.29 is 4.39 Å². The molecular formula is C9H4BrFINO. The minimum absolute atomic E-state index is 0.153. The van der Waals surface area contributed by atoms with Crippen LogP contribution < -0.4 is 5.43 Å². The Morgan fingerprint density at radius 3 is 2.86 bits per heavy atom. The van der Waals surface area contributed by atoms with E-state index in [2.05, 4.69) is 20.9 Å². The molecule has 2 nitrogen and oxygen atoms in total. The molecule has 1 heterocycles. The molecule has 0 atom stereocenters. The Kier molecular flexibility index (Phi) is 2.61. The van der Waals surface area contributed by atoms with Gasteiger partial charge in [-0.25, -0.2) is 4.39 Å². The highest BCUT2D eigenvalue weighted by molar-refractivity contribution is 14.1. The van der Waals surface area contributed by atoms with Crippen LogP contribution in [0.3, 0.4) is 0 Å². The molecule has 0 amide bonds. The monoisotopic (exact) mass is 367 g/mol. The highest BCUT2D eigenvalue weighted by atomic mass is 127. The number of aromatic nitrogens is 1. The van der Waals surface area contributed by atoms with E-state index >= 15 is 0 Å². The molecule has 0 fully saturated rings. The summed E-state index contributed by atoms with van der Waals surface area (Å²) in [7, 11) is 0. The summed E-state index contributed by atoms with van der Waals surface area (Å²) in [6.07, 6.45) is 1.61. The first kappa shape index (κ1) is 10.1. The molecule has 5 heteroatoms. The second-order valence-electron chi connectivity index (χ2n) is 2.78. The van der Waals surface area contributed by atoms with Crippen molar-refractivity contribution in [3.63, 3.8) is 0 Å². The average molecular weight is 368 g/mol. The van der Waals surface area contributed by atoms with E-state index in [0.717, 1.165) is 0 Å². The summed E-state index contributed by atoms with van der Waals surface area (Å²) in [5.41, 5.74) is 0.469. The maximum absolute atomic E-state index is 13.0. The molecule has 0 aliphatic rings. The summed E-state index contributed by atoms with van der Waals surface area (Å²) in [5.74, 6) is -0.420. The van der Waals surface area contributed by atoms with Crippen LogP contribution in [0, 0.1) is 9.39 Å². The molecular weight excluding hydrogens is 364 g/mol. The standard InChI is InChI=1S/C9H4BrFINO/c10-6-2-4(11)1-5-8(6)13-3-7(12)9(5)14/h1-3H,(H,13,14). The SMILES string of the molecule is O=c1c(I)c[nH]c2c(Br)cc(F)cc12. The number of aromatic amines is 1. The van der Waals surface area contributed by atoms with Crippen molar-refractivity contribution in [2.45, 2.75) is 0 Å². The minimum atomic E-state index is -0.420. The highest BCUT2D eigenvalue weighted by Crippen LogP contribution is 2.21.